The quantitative estimate of drug-likeness (QED) is 0.640. The summed E-state index contributed by atoms with van der Waals surface area (Å²) in [5, 5.41) is 1.29. The maximum Gasteiger partial charge on any atom is 0.0657 e. The predicted octanol–water partition coefficient (Wildman–Crippen LogP) is 2.30. The van der Waals surface area contributed by atoms with Crippen LogP contribution in [0.25, 0.3) is 10.9 Å². The fraction of sp³-hybridized carbons (Fsp3) is 0.200. The first kappa shape index (κ1) is 7.47. The van der Waals surface area contributed by atoms with Gasteiger partial charge in [0, 0.05) is 17.1 Å². The lowest BCUT2D eigenvalue weighted by Crippen LogP contribution is -1.79. The van der Waals surface area contributed by atoms with Gasteiger partial charge in [0.25, 0.3) is 0 Å². The van der Waals surface area contributed by atoms with Crippen molar-refractivity contribution in [2.45, 2.75) is 12.7 Å². The van der Waals surface area contributed by atoms with Crippen LogP contribution in [0.4, 0.5) is 0 Å². The Labute approximate surface area is 73.2 Å². The van der Waals surface area contributed by atoms with Crippen LogP contribution in [0.1, 0.15) is 5.56 Å². The second-order valence-electron chi connectivity index (χ2n) is 2.90. The van der Waals surface area contributed by atoms with Gasteiger partial charge in [-0.05, 0) is 18.1 Å². The van der Waals surface area contributed by atoms with Crippen molar-refractivity contribution in [1.29, 1.82) is 0 Å². The Morgan fingerprint density at radius 3 is 2.92 bits per heavy atom. The Kier molecular flexibility index (Phi) is 1.90. The van der Waals surface area contributed by atoms with Gasteiger partial charge in [-0.1, -0.05) is 24.5 Å². The van der Waals surface area contributed by atoms with Crippen LogP contribution in [0.2, 0.25) is 6.32 Å². The summed E-state index contributed by atoms with van der Waals surface area (Å²) in [7, 11) is 5.50. The van der Waals surface area contributed by atoms with E-state index in [1.54, 1.807) is 0 Å². The molecule has 2 rings (SSSR count). The maximum absolute atomic E-state index is 5.50. The molecule has 0 atom stereocenters. The van der Waals surface area contributed by atoms with Gasteiger partial charge in [-0.25, -0.2) is 0 Å². The third kappa shape index (κ3) is 1.13. The van der Waals surface area contributed by atoms with E-state index in [2.05, 4.69) is 23.2 Å². The highest BCUT2D eigenvalue weighted by molar-refractivity contribution is 6.08. The number of aromatic amines is 1. The summed E-state index contributed by atoms with van der Waals surface area (Å²) in [4.78, 5) is 3.22. The highest BCUT2D eigenvalue weighted by Gasteiger charge is 1.99. The molecule has 0 bridgehead atoms. The second-order valence-corrected chi connectivity index (χ2v) is 2.90. The zero-order chi connectivity index (χ0) is 8.39. The first-order valence-corrected chi connectivity index (χ1v) is 4.17. The Balaban J connectivity index is 2.55. The molecule has 1 nitrogen and oxygen atoms in total. The highest BCUT2D eigenvalue weighted by atomic mass is 14.7. The molecule has 1 aromatic heterocycles. The fourth-order valence-electron chi connectivity index (χ4n) is 1.49. The van der Waals surface area contributed by atoms with Crippen LogP contribution in [0.3, 0.4) is 0 Å². The molecule has 0 spiro atoms. The van der Waals surface area contributed by atoms with Crippen molar-refractivity contribution in [1.82, 2.24) is 4.98 Å². The molecule has 0 fully saturated rings. The van der Waals surface area contributed by atoms with Crippen LogP contribution >= 0.6 is 0 Å². The Morgan fingerprint density at radius 2 is 2.08 bits per heavy atom. The number of hydrogen-bond donors (Lipinski definition) is 1. The van der Waals surface area contributed by atoms with Gasteiger partial charge in [-0.2, -0.15) is 0 Å². The summed E-state index contributed by atoms with van der Waals surface area (Å²) in [5.74, 6) is 0. The molecule has 0 aliphatic carbocycles. The largest absolute Gasteiger partial charge is 0.361 e. The summed E-state index contributed by atoms with van der Waals surface area (Å²) in [6, 6.07) is 8.29. The number of para-hydroxylation sites is 1. The Hall–Kier alpha value is -1.18. The molecule has 1 N–H and O–H groups in total. The summed E-state index contributed by atoms with van der Waals surface area (Å²) < 4.78 is 0. The molecule has 1 aromatic carbocycles. The minimum atomic E-state index is 0.710. The van der Waals surface area contributed by atoms with Crippen molar-refractivity contribution in [3.8, 4) is 0 Å². The second kappa shape index (κ2) is 3.06. The smallest absolute Gasteiger partial charge is 0.0657 e. The van der Waals surface area contributed by atoms with Crippen LogP contribution in [0.15, 0.2) is 30.5 Å². The molecule has 0 aliphatic heterocycles. The average molecular weight is 155 g/mol. The number of fused-ring (bicyclic) bond motifs is 1. The lowest BCUT2D eigenvalue weighted by Gasteiger charge is -1.93. The molecule has 0 aliphatic rings. The van der Waals surface area contributed by atoms with Gasteiger partial charge in [0.15, 0.2) is 0 Å². The molecular formula is C10H10BN. The average Bonchev–Trinajstić information content (AvgIpc) is 2.50. The van der Waals surface area contributed by atoms with Crippen molar-refractivity contribution in [2.75, 3.05) is 0 Å². The monoisotopic (exact) mass is 155 g/mol. The lowest BCUT2D eigenvalue weighted by atomic mass is 9.97. The van der Waals surface area contributed by atoms with E-state index in [0.717, 1.165) is 6.42 Å². The summed E-state index contributed by atoms with van der Waals surface area (Å²) in [6.45, 7) is 0. The van der Waals surface area contributed by atoms with Crippen LogP contribution < -0.4 is 0 Å². The number of aryl methyl sites for hydroxylation is 1. The molecule has 0 amide bonds. The molecule has 58 valence electrons. The van der Waals surface area contributed by atoms with E-state index < -0.39 is 0 Å². The number of H-pyrrole nitrogens is 1. The highest BCUT2D eigenvalue weighted by Crippen LogP contribution is 2.18. The first-order chi connectivity index (χ1) is 5.92. The predicted molar refractivity (Wildman–Crippen MR) is 52.6 cm³/mol. The van der Waals surface area contributed by atoms with E-state index in [0.29, 0.717) is 6.32 Å². The van der Waals surface area contributed by atoms with Gasteiger partial charge in [-0.3, -0.25) is 0 Å². The van der Waals surface area contributed by atoms with E-state index in [9.17, 15) is 0 Å². The molecule has 0 saturated carbocycles. The van der Waals surface area contributed by atoms with Crippen LogP contribution in [-0.2, 0) is 6.42 Å². The van der Waals surface area contributed by atoms with E-state index in [-0.39, 0.29) is 0 Å². The standard InChI is InChI=1S/C10H10BN/c11-6-5-8-7-12-10-4-2-1-3-9(8)10/h1-4,7,12H,5-6H2. The first-order valence-electron chi connectivity index (χ1n) is 4.17. The zero-order valence-corrected chi connectivity index (χ0v) is 6.88. The summed E-state index contributed by atoms with van der Waals surface area (Å²) in [5.41, 5.74) is 2.51. The molecule has 0 unspecified atom stereocenters. The van der Waals surface area contributed by atoms with E-state index in [4.69, 9.17) is 7.85 Å². The fourth-order valence-corrected chi connectivity index (χ4v) is 1.49. The molecule has 2 aromatic rings. The minimum Gasteiger partial charge on any atom is -0.361 e. The molecule has 12 heavy (non-hydrogen) atoms. The van der Waals surface area contributed by atoms with E-state index >= 15 is 0 Å². The van der Waals surface area contributed by atoms with Gasteiger partial charge in [-0.15, -0.1) is 0 Å². The third-order valence-electron chi connectivity index (χ3n) is 2.09. The van der Waals surface area contributed by atoms with E-state index in [1.165, 1.54) is 16.5 Å². The Bertz CT molecular complexity index is 378. The summed E-state index contributed by atoms with van der Waals surface area (Å²) >= 11 is 0. The van der Waals surface area contributed by atoms with Crippen LogP contribution in [-0.4, -0.2) is 12.8 Å². The third-order valence-corrected chi connectivity index (χ3v) is 2.09. The van der Waals surface area contributed by atoms with Crippen molar-refractivity contribution in [3.05, 3.63) is 36.0 Å². The molecule has 2 radical (unpaired) electrons. The van der Waals surface area contributed by atoms with Gasteiger partial charge < -0.3 is 4.98 Å². The van der Waals surface area contributed by atoms with Crippen molar-refractivity contribution >= 4 is 18.7 Å². The number of nitrogens with one attached hydrogen (secondary N) is 1. The topological polar surface area (TPSA) is 15.8 Å². The van der Waals surface area contributed by atoms with Gasteiger partial charge in [0.05, 0.1) is 7.85 Å². The molecule has 2 heteroatoms. The van der Waals surface area contributed by atoms with Crippen molar-refractivity contribution in [2.24, 2.45) is 0 Å². The van der Waals surface area contributed by atoms with E-state index in [1.807, 2.05) is 12.3 Å². The normalized spacial score (nSPS) is 10.7. The molecular weight excluding hydrogens is 145 g/mol. The maximum atomic E-state index is 5.50. The summed E-state index contributed by atoms with van der Waals surface area (Å²) in [6.07, 6.45) is 3.70. The van der Waals surface area contributed by atoms with Crippen LogP contribution in [0.5, 0.6) is 0 Å². The van der Waals surface area contributed by atoms with Gasteiger partial charge in [0.1, 0.15) is 0 Å². The molecule has 1 heterocycles. The lowest BCUT2D eigenvalue weighted by molar-refractivity contribution is 1.15. The van der Waals surface area contributed by atoms with Gasteiger partial charge in [0.2, 0.25) is 0 Å². The number of hydrogen-bond acceptors (Lipinski definition) is 0. The van der Waals surface area contributed by atoms with Crippen molar-refractivity contribution in [3.63, 3.8) is 0 Å². The Morgan fingerprint density at radius 1 is 1.25 bits per heavy atom. The minimum absolute atomic E-state index is 0.710. The number of aromatic nitrogens is 1. The van der Waals surface area contributed by atoms with Gasteiger partial charge >= 0.3 is 0 Å². The SMILES string of the molecule is [B]CCc1c[nH]c2ccccc12. The number of rotatable bonds is 2. The molecule has 0 saturated heterocycles. The number of benzene rings is 1. The zero-order valence-electron chi connectivity index (χ0n) is 6.88. The van der Waals surface area contributed by atoms with Crippen LogP contribution in [0, 0.1) is 0 Å². The van der Waals surface area contributed by atoms with Crippen molar-refractivity contribution < 1.29 is 0 Å².